The number of hydrazone groups is 1. The number of hydrogen-bond donors (Lipinski definition) is 1. The first-order valence-electron chi connectivity index (χ1n) is 8.76. The largest absolute Gasteiger partial charge is 0.494 e. The van der Waals surface area contributed by atoms with Crippen LogP contribution in [0.5, 0.6) is 23.0 Å². The number of nitrogens with one attached hydrogen (secondary N) is 1. The fourth-order valence-corrected chi connectivity index (χ4v) is 2.63. The zero-order valence-corrected chi connectivity index (χ0v) is 15.6. The van der Waals surface area contributed by atoms with Crippen LogP contribution in [0.15, 0.2) is 41.5 Å². The highest BCUT2D eigenvalue weighted by Crippen LogP contribution is 2.32. The molecule has 0 saturated heterocycles. The molecule has 0 saturated carbocycles. The molecule has 0 spiro atoms. The van der Waals surface area contributed by atoms with Crippen LogP contribution in [-0.4, -0.2) is 31.6 Å². The predicted molar refractivity (Wildman–Crippen MR) is 101 cm³/mol. The molecule has 2 aromatic carbocycles. The van der Waals surface area contributed by atoms with Crippen LogP contribution in [0.1, 0.15) is 36.7 Å². The van der Waals surface area contributed by atoms with Crippen LogP contribution in [0.3, 0.4) is 0 Å². The summed E-state index contributed by atoms with van der Waals surface area (Å²) in [7, 11) is 0. The van der Waals surface area contributed by atoms with Crippen LogP contribution in [0.4, 0.5) is 0 Å². The van der Waals surface area contributed by atoms with Gasteiger partial charge in [-0.15, -0.1) is 0 Å². The van der Waals surface area contributed by atoms with E-state index in [9.17, 15) is 4.79 Å². The van der Waals surface area contributed by atoms with Crippen molar-refractivity contribution in [2.45, 2.75) is 20.8 Å². The highest BCUT2D eigenvalue weighted by molar-refractivity contribution is 6.03. The molecule has 142 valence electrons. The van der Waals surface area contributed by atoms with E-state index in [-0.39, 0.29) is 12.7 Å². The summed E-state index contributed by atoms with van der Waals surface area (Å²) in [6.07, 6.45) is 0. The molecule has 1 amide bonds. The number of carbonyl (C=O) groups excluding carboxylic acids is 1. The zero-order chi connectivity index (χ0) is 19.2. The summed E-state index contributed by atoms with van der Waals surface area (Å²) in [4.78, 5) is 12.4. The van der Waals surface area contributed by atoms with Gasteiger partial charge in [-0.05, 0) is 57.2 Å². The lowest BCUT2D eigenvalue weighted by Gasteiger charge is -2.12. The summed E-state index contributed by atoms with van der Waals surface area (Å²) in [6.45, 7) is 6.88. The molecule has 1 heterocycles. The van der Waals surface area contributed by atoms with Gasteiger partial charge in [-0.1, -0.05) is 0 Å². The van der Waals surface area contributed by atoms with Gasteiger partial charge in [-0.25, -0.2) is 5.43 Å². The van der Waals surface area contributed by atoms with Crippen LogP contribution in [0, 0.1) is 0 Å². The van der Waals surface area contributed by atoms with E-state index in [4.69, 9.17) is 18.9 Å². The molecule has 7 nitrogen and oxygen atoms in total. The first-order valence-corrected chi connectivity index (χ1v) is 8.76. The van der Waals surface area contributed by atoms with Gasteiger partial charge in [0.05, 0.1) is 18.9 Å². The van der Waals surface area contributed by atoms with Gasteiger partial charge < -0.3 is 18.9 Å². The number of hydrogen-bond acceptors (Lipinski definition) is 6. The summed E-state index contributed by atoms with van der Waals surface area (Å²) in [5.74, 6) is 2.23. The topological polar surface area (TPSA) is 78.4 Å². The summed E-state index contributed by atoms with van der Waals surface area (Å²) < 4.78 is 21.7. The van der Waals surface area contributed by atoms with Crippen LogP contribution in [0.25, 0.3) is 0 Å². The van der Waals surface area contributed by atoms with Crippen molar-refractivity contribution in [3.8, 4) is 23.0 Å². The Hall–Kier alpha value is -3.22. The normalized spacial score (nSPS) is 12.6. The van der Waals surface area contributed by atoms with E-state index >= 15 is 0 Å². The Morgan fingerprint density at radius 1 is 1.07 bits per heavy atom. The summed E-state index contributed by atoms with van der Waals surface area (Å²) in [6, 6.07) is 10.5. The van der Waals surface area contributed by atoms with Crippen molar-refractivity contribution in [3.05, 3.63) is 47.5 Å². The molecule has 1 N–H and O–H groups in total. The average Bonchev–Trinajstić information content (AvgIpc) is 3.15. The van der Waals surface area contributed by atoms with E-state index in [1.807, 2.05) is 32.0 Å². The van der Waals surface area contributed by atoms with Crippen molar-refractivity contribution < 1.29 is 23.7 Å². The fourth-order valence-electron chi connectivity index (χ4n) is 2.63. The lowest BCUT2D eigenvalue weighted by Crippen LogP contribution is -2.19. The van der Waals surface area contributed by atoms with Crippen molar-refractivity contribution in [1.82, 2.24) is 5.43 Å². The van der Waals surface area contributed by atoms with E-state index in [0.717, 1.165) is 5.56 Å². The minimum absolute atomic E-state index is 0.161. The smallest absolute Gasteiger partial charge is 0.271 e. The molecule has 1 aliphatic heterocycles. The van der Waals surface area contributed by atoms with E-state index in [2.05, 4.69) is 10.5 Å². The molecule has 0 aliphatic carbocycles. The quantitative estimate of drug-likeness (QED) is 0.597. The molecule has 0 atom stereocenters. The number of ether oxygens (including phenoxy) is 4. The second-order valence-electron chi connectivity index (χ2n) is 5.73. The van der Waals surface area contributed by atoms with Crippen LogP contribution in [-0.2, 0) is 0 Å². The van der Waals surface area contributed by atoms with Crippen LogP contribution in [0.2, 0.25) is 0 Å². The Labute approximate surface area is 157 Å². The van der Waals surface area contributed by atoms with Gasteiger partial charge >= 0.3 is 0 Å². The Balaban J connectivity index is 1.78. The molecule has 0 bridgehead atoms. The van der Waals surface area contributed by atoms with Gasteiger partial charge in [-0.3, -0.25) is 4.79 Å². The third kappa shape index (κ3) is 4.31. The van der Waals surface area contributed by atoms with Crippen molar-refractivity contribution in [3.63, 3.8) is 0 Å². The van der Waals surface area contributed by atoms with Crippen LogP contribution >= 0.6 is 0 Å². The minimum Gasteiger partial charge on any atom is -0.494 e. The molecule has 0 unspecified atom stereocenters. The molecule has 0 fully saturated rings. The summed E-state index contributed by atoms with van der Waals surface area (Å²) in [5, 5.41) is 4.22. The van der Waals surface area contributed by atoms with Crippen molar-refractivity contribution >= 4 is 11.6 Å². The Morgan fingerprint density at radius 3 is 2.63 bits per heavy atom. The number of carbonyl (C=O) groups is 1. The van der Waals surface area contributed by atoms with E-state index in [1.54, 1.807) is 25.1 Å². The lowest BCUT2D eigenvalue weighted by atomic mass is 10.1. The highest BCUT2D eigenvalue weighted by atomic mass is 16.7. The van der Waals surface area contributed by atoms with E-state index in [1.165, 1.54) is 0 Å². The number of rotatable bonds is 7. The van der Waals surface area contributed by atoms with Crippen LogP contribution < -0.4 is 24.4 Å². The van der Waals surface area contributed by atoms with Crippen molar-refractivity contribution in [2.75, 3.05) is 20.0 Å². The Morgan fingerprint density at radius 2 is 1.85 bits per heavy atom. The van der Waals surface area contributed by atoms with Crippen molar-refractivity contribution in [1.29, 1.82) is 0 Å². The number of amides is 1. The molecule has 2 aromatic rings. The Kier molecular flexibility index (Phi) is 5.80. The molecule has 0 aromatic heterocycles. The maximum atomic E-state index is 12.4. The molecule has 3 rings (SSSR count). The first-order chi connectivity index (χ1) is 13.1. The standard InChI is InChI=1S/C20H22N2O5/c1-4-24-15-7-9-17(25-5-2)16(11-15)13(3)21-22-20(23)14-6-8-18-19(10-14)27-12-26-18/h6-11H,4-5,12H2,1-3H3,(H,22,23)/b21-13-. The third-order valence-corrected chi connectivity index (χ3v) is 3.91. The fraction of sp³-hybridized carbons (Fsp3) is 0.300. The Bertz CT molecular complexity index is 863. The molecule has 1 aliphatic rings. The first kappa shape index (κ1) is 18.6. The SMILES string of the molecule is CCOc1ccc(OCC)c(/C(C)=N\NC(=O)c2ccc3c(c2)OCO3)c1. The molecular weight excluding hydrogens is 348 g/mol. The second-order valence-corrected chi connectivity index (χ2v) is 5.73. The number of fused-ring (bicyclic) bond motifs is 1. The monoisotopic (exact) mass is 370 g/mol. The maximum Gasteiger partial charge on any atom is 0.271 e. The van der Waals surface area contributed by atoms with Gasteiger partial charge in [0.1, 0.15) is 11.5 Å². The predicted octanol–water partition coefficient (Wildman–Crippen LogP) is 3.37. The maximum absolute atomic E-state index is 12.4. The molecular formula is C20H22N2O5. The van der Waals surface area contributed by atoms with E-state index in [0.29, 0.717) is 47.5 Å². The molecule has 7 heteroatoms. The molecule has 27 heavy (non-hydrogen) atoms. The second kappa shape index (κ2) is 8.44. The minimum atomic E-state index is -0.341. The van der Waals surface area contributed by atoms with Gasteiger partial charge in [0.2, 0.25) is 6.79 Å². The van der Waals surface area contributed by atoms with E-state index < -0.39 is 0 Å². The lowest BCUT2D eigenvalue weighted by molar-refractivity contribution is 0.0954. The third-order valence-electron chi connectivity index (χ3n) is 3.91. The zero-order valence-electron chi connectivity index (χ0n) is 15.6. The van der Waals surface area contributed by atoms with Gasteiger partial charge in [0.15, 0.2) is 11.5 Å². The molecule has 0 radical (unpaired) electrons. The average molecular weight is 370 g/mol. The number of benzene rings is 2. The summed E-state index contributed by atoms with van der Waals surface area (Å²) >= 11 is 0. The highest BCUT2D eigenvalue weighted by Gasteiger charge is 2.16. The van der Waals surface area contributed by atoms with Gasteiger partial charge in [0, 0.05) is 11.1 Å². The van der Waals surface area contributed by atoms with Gasteiger partial charge in [-0.2, -0.15) is 5.10 Å². The van der Waals surface area contributed by atoms with Crippen molar-refractivity contribution in [2.24, 2.45) is 5.10 Å². The number of nitrogens with zero attached hydrogens (tertiary/aromatic N) is 1. The van der Waals surface area contributed by atoms with Gasteiger partial charge in [0.25, 0.3) is 5.91 Å². The summed E-state index contributed by atoms with van der Waals surface area (Å²) in [5.41, 5.74) is 4.36.